The standard InChI is InChI=1S/C16H16N2O8S3/c1-6(19)26-4-7-5-29-14-8(13(21)18(14)9(7)15(22)23)17-12(20)10-11(16(24)25)28-3-2-27-10/h8,14H,2-5H2,1H3,(H,17,20)(H,22,23)(H,24,25)/t8-,14-/m1/s1. The van der Waals surface area contributed by atoms with Gasteiger partial charge >= 0.3 is 17.9 Å². The second-order valence-corrected chi connectivity index (χ2v) is 9.37. The third-order valence-electron chi connectivity index (χ3n) is 4.17. The molecule has 10 nitrogen and oxygen atoms in total. The zero-order valence-corrected chi connectivity index (χ0v) is 17.4. The van der Waals surface area contributed by atoms with Crippen LogP contribution in [-0.2, 0) is 28.7 Å². The van der Waals surface area contributed by atoms with Crippen LogP contribution in [0.25, 0.3) is 0 Å². The van der Waals surface area contributed by atoms with Crippen molar-refractivity contribution in [3.8, 4) is 0 Å². The average molecular weight is 461 g/mol. The molecule has 0 bridgehead atoms. The van der Waals surface area contributed by atoms with Gasteiger partial charge < -0.3 is 20.3 Å². The van der Waals surface area contributed by atoms with E-state index in [9.17, 15) is 34.2 Å². The Hall–Kier alpha value is -2.12. The van der Waals surface area contributed by atoms with Gasteiger partial charge in [0.25, 0.3) is 11.8 Å². The van der Waals surface area contributed by atoms with Gasteiger partial charge in [0, 0.05) is 29.8 Å². The number of hydrogen-bond acceptors (Lipinski definition) is 9. The summed E-state index contributed by atoms with van der Waals surface area (Å²) in [6, 6.07) is -0.966. The van der Waals surface area contributed by atoms with Crippen LogP contribution in [0, 0.1) is 0 Å². The van der Waals surface area contributed by atoms with Gasteiger partial charge in [-0.3, -0.25) is 19.3 Å². The van der Waals surface area contributed by atoms with Crippen molar-refractivity contribution in [1.29, 1.82) is 0 Å². The highest BCUT2D eigenvalue weighted by Crippen LogP contribution is 2.41. The number of β-lactam (4-membered cyclic amide) rings is 1. The topological polar surface area (TPSA) is 150 Å². The van der Waals surface area contributed by atoms with Gasteiger partial charge in [0.1, 0.15) is 28.6 Å². The summed E-state index contributed by atoms with van der Waals surface area (Å²) in [4.78, 5) is 60.2. The van der Waals surface area contributed by atoms with Crippen molar-refractivity contribution in [3.63, 3.8) is 0 Å². The van der Waals surface area contributed by atoms with Crippen molar-refractivity contribution in [2.24, 2.45) is 0 Å². The fourth-order valence-electron chi connectivity index (χ4n) is 2.94. The number of ether oxygens (including phenoxy) is 1. The van der Waals surface area contributed by atoms with Gasteiger partial charge in [0.05, 0.1) is 4.91 Å². The molecule has 2 amide bonds. The first-order valence-corrected chi connectivity index (χ1v) is 11.3. The van der Waals surface area contributed by atoms with Crippen LogP contribution in [0.4, 0.5) is 0 Å². The van der Waals surface area contributed by atoms with E-state index in [0.29, 0.717) is 17.1 Å². The molecule has 3 N–H and O–H groups in total. The molecule has 1 fully saturated rings. The van der Waals surface area contributed by atoms with Crippen LogP contribution in [0.2, 0.25) is 0 Å². The van der Waals surface area contributed by atoms with Gasteiger partial charge in [-0.05, 0) is 0 Å². The summed E-state index contributed by atoms with van der Waals surface area (Å²) in [6.45, 7) is 0.960. The summed E-state index contributed by atoms with van der Waals surface area (Å²) >= 11 is 3.41. The molecule has 3 heterocycles. The molecule has 0 unspecified atom stereocenters. The first-order chi connectivity index (χ1) is 13.7. The predicted molar refractivity (Wildman–Crippen MR) is 106 cm³/mol. The number of carbonyl (C=O) groups excluding carboxylic acids is 3. The molecule has 3 aliphatic heterocycles. The van der Waals surface area contributed by atoms with Gasteiger partial charge in [-0.25, -0.2) is 9.59 Å². The summed E-state index contributed by atoms with van der Waals surface area (Å²) in [6.07, 6.45) is 0. The molecule has 0 spiro atoms. The van der Waals surface area contributed by atoms with Crippen LogP contribution < -0.4 is 5.32 Å². The molecule has 0 aromatic rings. The molecular weight excluding hydrogens is 444 g/mol. The minimum atomic E-state index is -1.33. The molecule has 3 rings (SSSR count). The van der Waals surface area contributed by atoms with Crippen molar-refractivity contribution in [2.75, 3.05) is 23.9 Å². The molecule has 0 aromatic carbocycles. The zero-order valence-electron chi connectivity index (χ0n) is 15.0. The van der Waals surface area contributed by atoms with Crippen molar-refractivity contribution in [3.05, 3.63) is 21.1 Å². The van der Waals surface area contributed by atoms with E-state index >= 15 is 0 Å². The Bertz CT molecular complexity index is 868. The van der Waals surface area contributed by atoms with E-state index < -0.39 is 41.1 Å². The fourth-order valence-corrected chi connectivity index (χ4v) is 6.45. The largest absolute Gasteiger partial charge is 0.477 e. The molecule has 156 valence electrons. The molecule has 2 atom stereocenters. The number of aliphatic carboxylic acids is 2. The molecule has 0 radical (unpaired) electrons. The summed E-state index contributed by atoms with van der Waals surface area (Å²) < 4.78 is 4.86. The molecule has 0 aliphatic carbocycles. The Kier molecular flexibility index (Phi) is 6.49. The SMILES string of the molecule is CC(=O)OCC1=C(C(=O)O)N2C(=O)[C@@H](NC(=O)C3=C(C(=O)O)SCCS3)[C@H]2SC1. The molecular formula is C16H16N2O8S3. The Morgan fingerprint density at radius 3 is 2.38 bits per heavy atom. The van der Waals surface area contributed by atoms with Gasteiger partial charge in [-0.2, -0.15) is 0 Å². The van der Waals surface area contributed by atoms with E-state index in [1.54, 1.807) is 0 Å². The quantitative estimate of drug-likeness (QED) is 0.365. The summed E-state index contributed by atoms with van der Waals surface area (Å²) in [7, 11) is 0. The summed E-state index contributed by atoms with van der Waals surface area (Å²) in [5, 5.41) is 20.7. The molecule has 0 saturated carbocycles. The maximum Gasteiger partial charge on any atom is 0.352 e. The highest BCUT2D eigenvalue weighted by atomic mass is 32.2. The molecule has 13 heteroatoms. The van der Waals surface area contributed by atoms with E-state index in [1.165, 1.54) is 18.7 Å². The fraction of sp³-hybridized carbons (Fsp3) is 0.438. The molecule has 0 aromatic heterocycles. The number of thioether (sulfide) groups is 3. The first-order valence-electron chi connectivity index (χ1n) is 8.29. The lowest BCUT2D eigenvalue weighted by atomic mass is 10.0. The minimum absolute atomic E-state index is 0.0466. The van der Waals surface area contributed by atoms with Crippen LogP contribution in [-0.4, -0.2) is 80.1 Å². The number of esters is 1. The number of hydrogen-bond donors (Lipinski definition) is 3. The van der Waals surface area contributed by atoms with Gasteiger partial charge in [-0.15, -0.1) is 35.3 Å². The highest BCUT2D eigenvalue weighted by molar-refractivity contribution is 8.11. The lowest BCUT2D eigenvalue weighted by Gasteiger charge is -2.49. The Morgan fingerprint density at radius 1 is 1.14 bits per heavy atom. The van der Waals surface area contributed by atoms with Crippen LogP contribution >= 0.6 is 35.3 Å². The third-order valence-corrected chi connectivity index (χ3v) is 8.06. The van der Waals surface area contributed by atoms with E-state index in [0.717, 1.165) is 28.4 Å². The zero-order chi connectivity index (χ0) is 21.3. The second-order valence-electron chi connectivity index (χ2n) is 6.06. The van der Waals surface area contributed by atoms with Crippen LogP contribution in [0.3, 0.4) is 0 Å². The van der Waals surface area contributed by atoms with Gasteiger partial charge in [0.2, 0.25) is 0 Å². The minimum Gasteiger partial charge on any atom is -0.477 e. The van der Waals surface area contributed by atoms with E-state index in [2.05, 4.69) is 5.32 Å². The number of fused-ring (bicyclic) bond motifs is 1. The van der Waals surface area contributed by atoms with E-state index in [4.69, 9.17) is 4.74 Å². The Morgan fingerprint density at radius 2 is 1.79 bits per heavy atom. The second kappa shape index (κ2) is 8.71. The first kappa shape index (κ1) is 21.6. The highest BCUT2D eigenvalue weighted by Gasteiger charge is 2.54. The summed E-state index contributed by atoms with van der Waals surface area (Å²) in [5.41, 5.74) is 0.0423. The number of nitrogens with one attached hydrogen (secondary N) is 1. The number of rotatable bonds is 6. The Balaban J connectivity index is 1.77. The van der Waals surface area contributed by atoms with Gasteiger partial charge in [-0.1, -0.05) is 0 Å². The molecule has 1 saturated heterocycles. The van der Waals surface area contributed by atoms with Crippen molar-refractivity contribution in [1.82, 2.24) is 10.2 Å². The smallest absolute Gasteiger partial charge is 0.352 e. The molecule has 29 heavy (non-hydrogen) atoms. The third kappa shape index (κ3) is 4.26. The van der Waals surface area contributed by atoms with Crippen molar-refractivity contribution in [2.45, 2.75) is 18.3 Å². The molecule has 3 aliphatic rings. The number of carboxylic acids is 2. The van der Waals surface area contributed by atoms with E-state index in [1.807, 2.05) is 0 Å². The number of carboxylic acid groups (broad SMARTS) is 2. The van der Waals surface area contributed by atoms with Crippen LogP contribution in [0.1, 0.15) is 6.92 Å². The monoisotopic (exact) mass is 460 g/mol. The van der Waals surface area contributed by atoms with E-state index in [-0.39, 0.29) is 27.9 Å². The maximum atomic E-state index is 12.6. The Labute approximate surface area is 177 Å². The number of amides is 2. The maximum absolute atomic E-state index is 12.6. The number of nitrogens with zero attached hydrogens (tertiary/aromatic N) is 1. The normalized spacial score (nSPS) is 23.9. The van der Waals surface area contributed by atoms with Crippen LogP contribution in [0.5, 0.6) is 0 Å². The lowest BCUT2D eigenvalue weighted by molar-refractivity contribution is -0.150. The predicted octanol–water partition coefficient (Wildman–Crippen LogP) is 0.0643. The van der Waals surface area contributed by atoms with Crippen molar-refractivity contribution < 1.29 is 38.9 Å². The lowest BCUT2D eigenvalue weighted by Crippen LogP contribution is -2.70. The summed E-state index contributed by atoms with van der Waals surface area (Å²) in [5.74, 6) is -3.03. The van der Waals surface area contributed by atoms with Crippen molar-refractivity contribution >= 4 is 65.0 Å². The number of carbonyl (C=O) groups is 5. The van der Waals surface area contributed by atoms with Gasteiger partial charge in [0.15, 0.2) is 0 Å². The average Bonchev–Trinajstić information content (AvgIpc) is 2.69. The van der Waals surface area contributed by atoms with Crippen LogP contribution in [0.15, 0.2) is 21.1 Å².